The molecule has 33 heavy (non-hydrogen) atoms. The van der Waals surface area contributed by atoms with Gasteiger partial charge in [0.1, 0.15) is 23.2 Å². The van der Waals surface area contributed by atoms with Gasteiger partial charge in [0.2, 0.25) is 0 Å². The lowest BCUT2D eigenvalue weighted by Crippen LogP contribution is -3.00. The van der Waals surface area contributed by atoms with E-state index in [9.17, 15) is 0 Å². The second-order valence-electron chi connectivity index (χ2n) is 9.81. The fraction of sp³-hybridized carbons (Fsp3) is 0.333. The van der Waals surface area contributed by atoms with E-state index in [1.807, 2.05) is 0 Å². The van der Waals surface area contributed by atoms with Gasteiger partial charge in [0.25, 0.3) is 0 Å². The topological polar surface area (TPSA) is 0 Å². The molecular weight excluding hydrogens is 499 g/mol. The van der Waals surface area contributed by atoms with Crippen molar-refractivity contribution in [2.24, 2.45) is 0 Å². The van der Waals surface area contributed by atoms with Crippen molar-refractivity contribution in [3.05, 3.63) is 103 Å². The summed E-state index contributed by atoms with van der Waals surface area (Å²) in [5.41, 5.74) is 0. The summed E-state index contributed by atoms with van der Waals surface area (Å²) in [7, 11) is -3.38. The Bertz CT molecular complexity index is 852. The van der Waals surface area contributed by atoms with Gasteiger partial charge in [-0.2, -0.15) is 0 Å². The van der Waals surface area contributed by atoms with Crippen LogP contribution in [0.15, 0.2) is 103 Å². The molecule has 0 aromatic heterocycles. The summed E-state index contributed by atoms with van der Waals surface area (Å²) in [6, 6.07) is 34.2. The van der Waals surface area contributed by atoms with E-state index in [1.165, 1.54) is 41.6 Å². The minimum atomic E-state index is -1.84. The summed E-state index contributed by atoms with van der Waals surface area (Å²) in [5.74, 6) is 0. The molecule has 3 aromatic rings. The predicted octanol–water partition coefficient (Wildman–Crippen LogP) is 4.76. The van der Waals surface area contributed by atoms with Gasteiger partial charge in [-0.15, -0.1) is 0 Å². The number of halogens is 1. The molecule has 0 amide bonds. The van der Waals surface area contributed by atoms with Gasteiger partial charge in [0.05, 0.1) is 13.4 Å². The summed E-state index contributed by atoms with van der Waals surface area (Å²) in [6.07, 6.45) is 11.3. The number of unbranched alkanes of at least 4 members (excludes halogenated alkanes) is 3. The van der Waals surface area contributed by atoms with Crippen molar-refractivity contribution in [3.8, 4) is 0 Å². The smallest absolute Gasteiger partial charge is 0.111 e. The highest BCUT2D eigenvalue weighted by molar-refractivity contribution is 7.97. The van der Waals surface area contributed by atoms with Crippen molar-refractivity contribution in [2.45, 2.75) is 64.0 Å². The fourth-order valence-corrected chi connectivity index (χ4v) is 16.1. The normalized spacial score (nSPS) is 13.0. The third-order valence-corrected chi connectivity index (χ3v) is 16.7. The van der Waals surface area contributed by atoms with Crippen LogP contribution in [0.3, 0.4) is 0 Å². The zero-order valence-corrected chi connectivity index (χ0v) is 24.2. The Morgan fingerprint density at radius 3 is 1.45 bits per heavy atom. The Labute approximate surface area is 214 Å². The van der Waals surface area contributed by atoms with Crippen molar-refractivity contribution in [1.29, 1.82) is 0 Å². The van der Waals surface area contributed by atoms with Crippen LogP contribution in [-0.2, 0) is 0 Å². The molecule has 1 atom stereocenters. The second kappa shape index (κ2) is 13.4. The Kier molecular flexibility index (Phi) is 11.3. The number of hydrogen-bond acceptors (Lipinski definition) is 0. The average molecular weight is 540 g/mol. The van der Waals surface area contributed by atoms with Gasteiger partial charge in [-0.25, -0.2) is 0 Å². The first-order chi connectivity index (χ1) is 15.5. The summed E-state index contributed by atoms with van der Waals surface area (Å²) in [6.45, 7) is 10.0. The largest absolute Gasteiger partial charge is 1.00 e. The van der Waals surface area contributed by atoms with Gasteiger partial charge in [0.15, 0.2) is 0 Å². The van der Waals surface area contributed by atoms with E-state index in [0.29, 0.717) is 5.28 Å². The molecule has 0 bridgehead atoms. The highest BCUT2D eigenvalue weighted by Crippen LogP contribution is 2.63. The van der Waals surface area contributed by atoms with Crippen LogP contribution in [0.4, 0.5) is 0 Å². The molecule has 3 heteroatoms. The van der Waals surface area contributed by atoms with E-state index in [4.69, 9.17) is 0 Å². The molecular formula is C30H40BrPSi. The molecule has 0 aliphatic heterocycles. The minimum absolute atomic E-state index is 0. The van der Waals surface area contributed by atoms with Gasteiger partial charge in [-0.1, -0.05) is 106 Å². The lowest BCUT2D eigenvalue weighted by atomic mass is 10.2. The molecule has 3 rings (SSSR count). The lowest BCUT2D eigenvalue weighted by Gasteiger charge is -2.40. The number of benzene rings is 3. The first-order valence-electron chi connectivity index (χ1n) is 12.2. The quantitative estimate of drug-likeness (QED) is 0.143. The maximum atomic E-state index is 2.58. The second-order valence-corrected chi connectivity index (χ2v) is 19.3. The highest BCUT2D eigenvalue weighted by atomic mass is 79.9. The molecule has 0 fully saturated rings. The van der Waals surface area contributed by atoms with Gasteiger partial charge in [-0.3, -0.25) is 0 Å². The molecule has 1 unspecified atom stereocenters. The fourth-order valence-electron chi connectivity index (χ4n) is 4.92. The van der Waals surface area contributed by atoms with E-state index in [1.54, 1.807) is 0 Å². The Morgan fingerprint density at radius 1 is 0.667 bits per heavy atom. The van der Waals surface area contributed by atoms with Gasteiger partial charge >= 0.3 is 0 Å². The van der Waals surface area contributed by atoms with Crippen LogP contribution < -0.4 is 32.9 Å². The molecule has 0 saturated carbocycles. The molecule has 176 valence electrons. The molecule has 0 aliphatic carbocycles. The van der Waals surface area contributed by atoms with Crippen molar-refractivity contribution >= 4 is 31.2 Å². The van der Waals surface area contributed by atoms with Crippen LogP contribution in [0.5, 0.6) is 0 Å². The Balaban J connectivity index is 0.00000385. The summed E-state index contributed by atoms with van der Waals surface area (Å²) in [5, 5.41) is 5.20. The summed E-state index contributed by atoms with van der Waals surface area (Å²) < 4.78 is 0. The number of rotatable bonds is 11. The van der Waals surface area contributed by atoms with Crippen LogP contribution in [0.2, 0.25) is 19.6 Å². The molecule has 0 aliphatic rings. The third kappa shape index (κ3) is 6.78. The van der Waals surface area contributed by atoms with Crippen molar-refractivity contribution in [1.82, 2.24) is 0 Å². The maximum Gasteiger partial charge on any atom is 0.111 e. The van der Waals surface area contributed by atoms with Crippen LogP contribution in [-0.4, -0.2) is 13.4 Å². The summed E-state index contributed by atoms with van der Waals surface area (Å²) in [4.78, 5) is 0. The van der Waals surface area contributed by atoms with Crippen molar-refractivity contribution in [2.75, 3.05) is 0 Å². The molecule has 0 N–H and O–H groups in total. The average Bonchev–Trinajstić information content (AvgIpc) is 2.82. The molecule has 0 nitrogen and oxygen atoms in total. The van der Waals surface area contributed by atoms with Crippen LogP contribution in [0.1, 0.15) is 39.0 Å². The monoisotopic (exact) mass is 538 g/mol. The van der Waals surface area contributed by atoms with Crippen LogP contribution in [0.25, 0.3) is 0 Å². The Morgan fingerprint density at radius 2 is 1.09 bits per heavy atom. The maximum absolute atomic E-state index is 2.58. The van der Waals surface area contributed by atoms with Crippen molar-refractivity contribution in [3.63, 3.8) is 0 Å². The first kappa shape index (κ1) is 27.8. The number of hydrogen-bond donors (Lipinski definition) is 0. The first-order valence-corrected chi connectivity index (χ1v) is 17.7. The predicted molar refractivity (Wildman–Crippen MR) is 150 cm³/mol. The van der Waals surface area contributed by atoms with Gasteiger partial charge in [0, 0.05) is 0 Å². The number of allylic oxidation sites excluding steroid dienone is 2. The van der Waals surface area contributed by atoms with E-state index in [0.717, 1.165) is 6.42 Å². The standard InChI is InChI=1S/C30H40PSi.BrH/c1-5-6-7-8-9-19-26-30(32(2,3)4)31(27-20-13-10-14-21-27,28-22-15-11-16-23-28)29-24-17-12-18-25-29;/h9-25,30H,5-8,26H2,1-4H3;1H/q+1;/p-1/b19-9+;. The molecule has 0 heterocycles. The lowest BCUT2D eigenvalue weighted by molar-refractivity contribution is -0.00000673. The van der Waals surface area contributed by atoms with Gasteiger partial charge < -0.3 is 17.0 Å². The van der Waals surface area contributed by atoms with E-state index >= 15 is 0 Å². The van der Waals surface area contributed by atoms with Crippen molar-refractivity contribution < 1.29 is 17.0 Å². The zero-order valence-electron chi connectivity index (χ0n) is 20.8. The van der Waals surface area contributed by atoms with E-state index < -0.39 is 15.3 Å². The molecule has 3 aromatic carbocycles. The van der Waals surface area contributed by atoms with E-state index in [2.05, 4.69) is 130 Å². The van der Waals surface area contributed by atoms with E-state index in [-0.39, 0.29) is 17.0 Å². The Hall–Kier alpha value is -1.47. The molecule has 0 spiro atoms. The minimum Gasteiger partial charge on any atom is -1.00 e. The summed E-state index contributed by atoms with van der Waals surface area (Å²) >= 11 is 0. The highest BCUT2D eigenvalue weighted by Gasteiger charge is 2.56. The molecule has 0 saturated heterocycles. The zero-order chi connectivity index (χ0) is 22.9. The van der Waals surface area contributed by atoms with Gasteiger partial charge in [-0.05, 0) is 55.7 Å². The third-order valence-electron chi connectivity index (χ3n) is 6.46. The van der Waals surface area contributed by atoms with Crippen LogP contribution in [0, 0.1) is 0 Å². The van der Waals surface area contributed by atoms with Crippen LogP contribution >= 0.6 is 7.26 Å². The SMILES string of the molecule is CCCCC/C=C/CC([Si](C)(C)C)[P+](c1ccccc1)(c1ccccc1)c1ccccc1.[Br-]. The molecule has 0 radical (unpaired) electrons.